The third-order valence-corrected chi connectivity index (χ3v) is 1.65. The van der Waals surface area contributed by atoms with Crippen LogP contribution in [0.4, 0.5) is 0 Å². The van der Waals surface area contributed by atoms with Crippen molar-refractivity contribution in [1.29, 1.82) is 0 Å². The van der Waals surface area contributed by atoms with Gasteiger partial charge in [0.1, 0.15) is 6.61 Å². The maximum atomic E-state index is 11.0. The molecule has 0 fully saturated rings. The van der Waals surface area contributed by atoms with Gasteiger partial charge in [-0.25, -0.2) is 0 Å². The number of carbonyl (C=O) groups is 1. The van der Waals surface area contributed by atoms with Crippen LogP contribution in [0.1, 0.15) is 12.0 Å². The maximum absolute atomic E-state index is 11.0. The molecule has 4 heteroatoms. The number of carbonyl (C=O) groups excluding carboxylic acids is 1. The minimum Gasteiger partial charge on any atom is -0.461 e. The first-order valence-electron chi connectivity index (χ1n) is 4.31. The summed E-state index contributed by atoms with van der Waals surface area (Å²) in [6, 6.07) is 9.37. The summed E-state index contributed by atoms with van der Waals surface area (Å²) in [5.74, 6) is -0.395. The van der Waals surface area contributed by atoms with Gasteiger partial charge in [0.25, 0.3) is 0 Å². The number of hydrogen-bond donors (Lipinski definition) is 0. The van der Waals surface area contributed by atoms with Gasteiger partial charge in [-0.15, -0.1) is 0 Å². The monoisotopic (exact) mass is 193 g/mol. The van der Waals surface area contributed by atoms with Gasteiger partial charge >= 0.3 is 5.97 Å². The Balaban J connectivity index is 2.27. The molecule has 0 saturated carbocycles. The highest BCUT2D eigenvalue weighted by Gasteiger charge is 2.02. The lowest BCUT2D eigenvalue weighted by Crippen LogP contribution is -2.05. The molecule has 0 atom stereocenters. The van der Waals surface area contributed by atoms with Gasteiger partial charge in [-0.1, -0.05) is 35.5 Å². The molecule has 0 unspecified atom stereocenters. The zero-order valence-corrected chi connectivity index (χ0v) is 7.68. The van der Waals surface area contributed by atoms with E-state index in [9.17, 15) is 9.70 Å². The molecule has 0 amide bonds. The van der Waals surface area contributed by atoms with E-state index in [1.165, 1.54) is 0 Å². The zero-order valence-electron chi connectivity index (χ0n) is 7.68. The Bertz CT molecular complexity index is 297. The fourth-order valence-corrected chi connectivity index (χ4v) is 0.947. The van der Waals surface area contributed by atoms with Crippen molar-refractivity contribution in [3.05, 3.63) is 40.8 Å². The van der Waals surface area contributed by atoms with Gasteiger partial charge in [0, 0.05) is 0 Å². The van der Waals surface area contributed by atoms with E-state index >= 15 is 0 Å². The molecule has 0 saturated heterocycles. The van der Waals surface area contributed by atoms with Crippen molar-refractivity contribution < 1.29 is 9.53 Å². The van der Waals surface area contributed by atoms with Crippen LogP contribution in [-0.4, -0.2) is 12.5 Å². The van der Waals surface area contributed by atoms with Crippen LogP contribution in [0.15, 0.2) is 35.5 Å². The highest BCUT2D eigenvalue weighted by Crippen LogP contribution is 2.01. The van der Waals surface area contributed by atoms with E-state index in [4.69, 9.17) is 4.74 Å². The Kier molecular flexibility index (Phi) is 4.34. The summed E-state index contributed by atoms with van der Waals surface area (Å²) in [5, 5.41) is 2.58. The third kappa shape index (κ3) is 3.80. The van der Waals surface area contributed by atoms with E-state index in [-0.39, 0.29) is 19.6 Å². The quantitative estimate of drug-likeness (QED) is 0.530. The summed E-state index contributed by atoms with van der Waals surface area (Å²) in [4.78, 5) is 20.7. The Morgan fingerprint density at radius 3 is 2.64 bits per heavy atom. The van der Waals surface area contributed by atoms with Crippen molar-refractivity contribution in [1.82, 2.24) is 0 Å². The number of ether oxygens (including phenoxy) is 1. The summed E-state index contributed by atoms with van der Waals surface area (Å²) in [6.45, 7) is 0.228. The molecule has 1 rings (SSSR count). The molecule has 1 aromatic rings. The predicted octanol–water partition coefficient (Wildman–Crippen LogP) is 1.89. The first kappa shape index (κ1) is 10.4. The van der Waals surface area contributed by atoms with Gasteiger partial charge in [0.2, 0.25) is 0 Å². The van der Waals surface area contributed by atoms with Crippen LogP contribution in [0.25, 0.3) is 0 Å². The topological polar surface area (TPSA) is 55.7 Å². The maximum Gasteiger partial charge on any atom is 0.308 e. The van der Waals surface area contributed by atoms with E-state index in [1.807, 2.05) is 30.3 Å². The first-order chi connectivity index (χ1) is 6.83. The highest BCUT2D eigenvalue weighted by atomic mass is 16.5. The Morgan fingerprint density at radius 2 is 2.00 bits per heavy atom. The number of rotatable bonds is 5. The molecule has 0 aliphatic rings. The van der Waals surface area contributed by atoms with Crippen molar-refractivity contribution in [3.8, 4) is 0 Å². The SMILES string of the molecule is O=NCCC(=O)OCc1ccccc1. The molecule has 0 bridgehead atoms. The summed E-state index contributed by atoms with van der Waals surface area (Å²) < 4.78 is 4.89. The van der Waals surface area contributed by atoms with Crippen molar-refractivity contribution >= 4 is 5.97 Å². The largest absolute Gasteiger partial charge is 0.461 e. The van der Waals surface area contributed by atoms with Crippen LogP contribution in [-0.2, 0) is 16.1 Å². The molecule has 0 aliphatic heterocycles. The van der Waals surface area contributed by atoms with Crippen LogP contribution >= 0.6 is 0 Å². The molecule has 1 aromatic carbocycles. The Morgan fingerprint density at radius 1 is 1.29 bits per heavy atom. The number of hydrogen-bond acceptors (Lipinski definition) is 4. The molecule has 0 radical (unpaired) electrons. The molecular weight excluding hydrogens is 182 g/mol. The number of nitrogens with zero attached hydrogens (tertiary/aromatic N) is 1. The molecule has 0 aromatic heterocycles. The van der Waals surface area contributed by atoms with Crippen LogP contribution < -0.4 is 0 Å². The van der Waals surface area contributed by atoms with Crippen LogP contribution in [0.5, 0.6) is 0 Å². The van der Waals surface area contributed by atoms with Gasteiger partial charge in [-0.2, -0.15) is 4.91 Å². The molecule has 0 heterocycles. The lowest BCUT2D eigenvalue weighted by Gasteiger charge is -2.02. The van der Waals surface area contributed by atoms with E-state index in [0.29, 0.717) is 0 Å². The van der Waals surface area contributed by atoms with Gasteiger partial charge in [-0.3, -0.25) is 4.79 Å². The molecule has 14 heavy (non-hydrogen) atoms. The van der Waals surface area contributed by atoms with Gasteiger partial charge < -0.3 is 4.74 Å². The average molecular weight is 193 g/mol. The van der Waals surface area contributed by atoms with Crippen molar-refractivity contribution in [2.24, 2.45) is 5.18 Å². The molecule has 4 nitrogen and oxygen atoms in total. The fraction of sp³-hybridized carbons (Fsp3) is 0.300. The summed E-state index contributed by atoms with van der Waals surface area (Å²) >= 11 is 0. The number of benzene rings is 1. The summed E-state index contributed by atoms with van der Waals surface area (Å²) in [5.41, 5.74) is 0.930. The Hall–Kier alpha value is -1.71. The second-order valence-electron chi connectivity index (χ2n) is 2.75. The normalized spacial score (nSPS) is 9.43. The minimum atomic E-state index is -0.395. The predicted molar refractivity (Wildman–Crippen MR) is 51.5 cm³/mol. The van der Waals surface area contributed by atoms with Crippen molar-refractivity contribution in [2.45, 2.75) is 13.0 Å². The van der Waals surface area contributed by atoms with Gasteiger partial charge in [0.15, 0.2) is 0 Å². The lowest BCUT2D eigenvalue weighted by atomic mass is 10.2. The molecule has 0 aliphatic carbocycles. The molecule has 0 N–H and O–H groups in total. The standard InChI is InChI=1S/C10H11NO3/c12-10(6-7-11-13)14-8-9-4-2-1-3-5-9/h1-5H,6-8H2. The second-order valence-corrected chi connectivity index (χ2v) is 2.75. The zero-order chi connectivity index (χ0) is 10.2. The average Bonchev–Trinajstić information content (AvgIpc) is 2.25. The summed E-state index contributed by atoms with van der Waals surface area (Å²) in [6.07, 6.45) is 0.0519. The molecule has 0 spiro atoms. The van der Waals surface area contributed by atoms with E-state index in [1.54, 1.807) is 0 Å². The number of nitroso groups, excluding NO2 is 1. The van der Waals surface area contributed by atoms with Crippen LogP contribution in [0.2, 0.25) is 0 Å². The Labute approximate surface area is 81.9 Å². The van der Waals surface area contributed by atoms with Crippen molar-refractivity contribution in [2.75, 3.05) is 6.54 Å². The third-order valence-electron chi connectivity index (χ3n) is 1.65. The second kappa shape index (κ2) is 5.85. The highest BCUT2D eigenvalue weighted by molar-refractivity contribution is 5.69. The smallest absolute Gasteiger partial charge is 0.308 e. The van der Waals surface area contributed by atoms with Gasteiger partial charge in [0.05, 0.1) is 13.0 Å². The van der Waals surface area contributed by atoms with E-state index < -0.39 is 5.97 Å². The molecule has 74 valence electrons. The van der Waals surface area contributed by atoms with Gasteiger partial charge in [-0.05, 0) is 5.56 Å². The first-order valence-corrected chi connectivity index (χ1v) is 4.31. The lowest BCUT2D eigenvalue weighted by molar-refractivity contribution is -0.144. The molecular formula is C10H11NO3. The fourth-order valence-electron chi connectivity index (χ4n) is 0.947. The van der Waals surface area contributed by atoms with Crippen molar-refractivity contribution in [3.63, 3.8) is 0 Å². The van der Waals surface area contributed by atoms with Crippen LogP contribution in [0, 0.1) is 4.91 Å². The van der Waals surface area contributed by atoms with E-state index in [0.717, 1.165) is 5.56 Å². The summed E-state index contributed by atoms with van der Waals surface area (Å²) in [7, 11) is 0. The van der Waals surface area contributed by atoms with E-state index in [2.05, 4.69) is 5.18 Å². The number of esters is 1. The van der Waals surface area contributed by atoms with Crippen LogP contribution in [0.3, 0.4) is 0 Å². The minimum absolute atomic E-state index is 0.0202.